The number of nitrogens with zero attached hydrogens (tertiary/aromatic N) is 2. The predicted octanol–water partition coefficient (Wildman–Crippen LogP) is 2.54. The van der Waals surface area contributed by atoms with E-state index in [2.05, 4.69) is 5.32 Å². The van der Waals surface area contributed by atoms with Gasteiger partial charge in [0, 0.05) is 26.2 Å². The highest BCUT2D eigenvalue weighted by Gasteiger charge is 2.30. The maximum absolute atomic E-state index is 13.1. The van der Waals surface area contributed by atoms with E-state index in [1.807, 2.05) is 29.2 Å². The second-order valence-electron chi connectivity index (χ2n) is 7.27. The molecular weight excluding hydrogens is 394 g/mol. The molecule has 1 saturated heterocycles. The lowest BCUT2D eigenvalue weighted by Crippen LogP contribution is -2.52. The van der Waals surface area contributed by atoms with Gasteiger partial charge in [0.1, 0.15) is 5.76 Å². The van der Waals surface area contributed by atoms with Crippen LogP contribution in [0.25, 0.3) is 0 Å². The van der Waals surface area contributed by atoms with E-state index < -0.39 is 10.0 Å². The Morgan fingerprint density at radius 2 is 1.82 bits per heavy atom. The first-order chi connectivity index (χ1) is 13.5. The first-order valence-corrected chi connectivity index (χ1v) is 11.6. The van der Waals surface area contributed by atoms with Crippen LogP contribution in [0.5, 0.6) is 0 Å². The van der Waals surface area contributed by atoms with Gasteiger partial charge in [0.05, 0.1) is 17.7 Å². The van der Waals surface area contributed by atoms with Crippen molar-refractivity contribution in [1.29, 1.82) is 0 Å². The number of aryl methyl sites for hydroxylation is 2. The van der Waals surface area contributed by atoms with Crippen molar-refractivity contribution in [2.24, 2.45) is 0 Å². The van der Waals surface area contributed by atoms with E-state index in [-0.39, 0.29) is 0 Å². The zero-order valence-electron chi connectivity index (χ0n) is 15.8. The van der Waals surface area contributed by atoms with Gasteiger partial charge in [-0.25, -0.2) is 8.42 Å². The lowest BCUT2D eigenvalue weighted by molar-refractivity contribution is 0.263. The van der Waals surface area contributed by atoms with Gasteiger partial charge in [0.15, 0.2) is 5.11 Å². The van der Waals surface area contributed by atoms with Gasteiger partial charge in [-0.2, -0.15) is 4.31 Å². The van der Waals surface area contributed by atoms with Crippen LogP contribution in [0.3, 0.4) is 0 Å². The fraction of sp³-hybridized carbons (Fsp3) is 0.450. The second-order valence-corrected chi connectivity index (χ2v) is 9.59. The smallest absolute Gasteiger partial charge is 0.243 e. The number of hydrogen-bond acceptors (Lipinski definition) is 4. The topological polar surface area (TPSA) is 65.8 Å². The first kappa shape index (κ1) is 19.4. The van der Waals surface area contributed by atoms with Gasteiger partial charge in [-0.3, -0.25) is 0 Å². The Labute approximate surface area is 171 Å². The molecule has 1 aromatic carbocycles. The van der Waals surface area contributed by atoms with Gasteiger partial charge in [0.2, 0.25) is 10.0 Å². The van der Waals surface area contributed by atoms with Crippen molar-refractivity contribution in [3.05, 3.63) is 53.5 Å². The summed E-state index contributed by atoms with van der Waals surface area (Å²) in [6, 6.07) is 9.36. The Bertz CT molecular complexity index is 934. The van der Waals surface area contributed by atoms with E-state index in [4.69, 9.17) is 16.6 Å². The van der Waals surface area contributed by atoms with Crippen LogP contribution >= 0.6 is 12.2 Å². The molecule has 8 heteroatoms. The van der Waals surface area contributed by atoms with Crippen molar-refractivity contribution in [3.63, 3.8) is 0 Å². The van der Waals surface area contributed by atoms with Gasteiger partial charge in [-0.05, 0) is 73.3 Å². The third-order valence-electron chi connectivity index (χ3n) is 5.48. The zero-order chi connectivity index (χ0) is 19.6. The fourth-order valence-electron chi connectivity index (χ4n) is 3.84. The minimum Gasteiger partial charge on any atom is -0.467 e. The molecular formula is C20H25N3O3S2. The Kier molecular flexibility index (Phi) is 5.70. The lowest BCUT2D eigenvalue weighted by atomic mass is 9.92. The molecule has 1 aliphatic heterocycles. The van der Waals surface area contributed by atoms with Crippen LogP contribution in [0.1, 0.15) is 29.7 Å². The summed E-state index contributed by atoms with van der Waals surface area (Å²) in [5, 5.41) is 3.80. The normalized spacial score (nSPS) is 17.9. The highest BCUT2D eigenvalue weighted by Crippen LogP contribution is 2.26. The van der Waals surface area contributed by atoms with Crippen LogP contribution in [-0.2, 0) is 29.4 Å². The number of rotatable bonds is 4. The molecule has 1 aromatic heterocycles. The van der Waals surface area contributed by atoms with Crippen molar-refractivity contribution in [2.75, 3.05) is 26.2 Å². The molecule has 0 spiro atoms. The number of benzene rings is 1. The molecule has 6 nitrogen and oxygen atoms in total. The standard InChI is InChI=1S/C20H25N3O3S2/c24-28(25,19-8-7-16-4-1-2-5-17(16)14-19)23-11-9-22(10-12-23)20(27)21-15-18-6-3-13-26-18/h3,6-8,13-14H,1-2,4-5,9-12,15H2,(H,21,27). The average Bonchev–Trinajstić information content (AvgIpc) is 3.25. The first-order valence-electron chi connectivity index (χ1n) is 9.71. The summed E-state index contributed by atoms with van der Waals surface area (Å²) in [6.07, 6.45) is 5.98. The minimum atomic E-state index is -3.46. The average molecular weight is 420 g/mol. The van der Waals surface area contributed by atoms with E-state index >= 15 is 0 Å². The van der Waals surface area contributed by atoms with Crippen molar-refractivity contribution in [1.82, 2.24) is 14.5 Å². The number of sulfonamides is 1. The van der Waals surface area contributed by atoms with E-state index in [1.165, 1.54) is 17.5 Å². The van der Waals surface area contributed by atoms with Crippen molar-refractivity contribution in [3.8, 4) is 0 Å². The molecule has 0 bridgehead atoms. The van der Waals surface area contributed by atoms with Crippen molar-refractivity contribution in [2.45, 2.75) is 37.1 Å². The molecule has 1 N–H and O–H groups in total. The van der Waals surface area contributed by atoms with Gasteiger partial charge in [-0.15, -0.1) is 0 Å². The van der Waals surface area contributed by atoms with E-state index in [9.17, 15) is 8.42 Å². The Morgan fingerprint density at radius 3 is 2.54 bits per heavy atom. The summed E-state index contributed by atoms with van der Waals surface area (Å²) in [4.78, 5) is 2.43. The Morgan fingerprint density at radius 1 is 1.07 bits per heavy atom. The summed E-state index contributed by atoms with van der Waals surface area (Å²) in [7, 11) is -3.46. The van der Waals surface area contributed by atoms with Crippen molar-refractivity contribution < 1.29 is 12.8 Å². The fourth-order valence-corrected chi connectivity index (χ4v) is 5.57. The highest BCUT2D eigenvalue weighted by atomic mass is 32.2. The Hall–Kier alpha value is -1.90. The number of fused-ring (bicyclic) bond motifs is 1. The number of nitrogens with one attached hydrogen (secondary N) is 1. The van der Waals surface area contributed by atoms with E-state index in [0.717, 1.165) is 25.0 Å². The third kappa shape index (κ3) is 4.09. The molecule has 2 heterocycles. The predicted molar refractivity (Wildman–Crippen MR) is 112 cm³/mol. The summed E-state index contributed by atoms with van der Waals surface area (Å²) in [6.45, 7) is 2.55. The van der Waals surface area contributed by atoms with Crippen molar-refractivity contribution >= 4 is 27.4 Å². The maximum Gasteiger partial charge on any atom is 0.243 e. The van der Waals surface area contributed by atoms with Crippen LogP contribution in [0.2, 0.25) is 0 Å². The Balaban J connectivity index is 1.36. The molecule has 0 unspecified atom stereocenters. The number of furan rings is 1. The largest absolute Gasteiger partial charge is 0.467 e. The van der Waals surface area contributed by atoms with Crippen LogP contribution in [0, 0.1) is 0 Å². The van der Waals surface area contributed by atoms with Gasteiger partial charge >= 0.3 is 0 Å². The van der Waals surface area contributed by atoms with Gasteiger partial charge in [-0.1, -0.05) is 6.07 Å². The van der Waals surface area contributed by atoms with Crippen LogP contribution in [-0.4, -0.2) is 48.9 Å². The highest BCUT2D eigenvalue weighted by molar-refractivity contribution is 7.89. The minimum absolute atomic E-state index is 0.417. The summed E-state index contributed by atoms with van der Waals surface area (Å²) in [5.41, 5.74) is 2.48. The summed E-state index contributed by atoms with van der Waals surface area (Å²) >= 11 is 5.44. The molecule has 1 fully saturated rings. The molecule has 2 aliphatic rings. The van der Waals surface area contributed by atoms with Gasteiger partial charge in [0.25, 0.3) is 0 Å². The van der Waals surface area contributed by atoms with Gasteiger partial charge < -0.3 is 14.6 Å². The third-order valence-corrected chi connectivity index (χ3v) is 7.77. The van der Waals surface area contributed by atoms with E-state index in [0.29, 0.717) is 42.7 Å². The molecule has 0 atom stereocenters. The lowest BCUT2D eigenvalue weighted by Gasteiger charge is -2.35. The summed E-state index contributed by atoms with van der Waals surface area (Å²) < 4.78 is 33.0. The second kappa shape index (κ2) is 8.23. The summed E-state index contributed by atoms with van der Waals surface area (Å²) in [5.74, 6) is 0.816. The maximum atomic E-state index is 13.1. The van der Waals surface area contributed by atoms with Crippen LogP contribution < -0.4 is 5.32 Å². The quantitative estimate of drug-likeness (QED) is 0.769. The molecule has 0 saturated carbocycles. The molecule has 4 rings (SSSR count). The SMILES string of the molecule is O=S(=O)(c1ccc2c(c1)CCCC2)N1CCN(C(=S)NCc2ccco2)CC1. The monoisotopic (exact) mass is 419 g/mol. The molecule has 0 amide bonds. The molecule has 28 heavy (non-hydrogen) atoms. The number of thiocarbonyl (C=S) groups is 1. The van der Waals surface area contributed by atoms with Crippen LogP contribution in [0.4, 0.5) is 0 Å². The molecule has 0 radical (unpaired) electrons. The molecule has 150 valence electrons. The number of piperazine rings is 1. The number of hydrogen-bond donors (Lipinski definition) is 1. The molecule has 1 aliphatic carbocycles. The van der Waals surface area contributed by atoms with E-state index in [1.54, 1.807) is 16.6 Å². The molecule has 2 aromatic rings. The van der Waals surface area contributed by atoms with Crippen LogP contribution in [0.15, 0.2) is 45.9 Å². The zero-order valence-corrected chi connectivity index (χ0v) is 17.4.